The van der Waals surface area contributed by atoms with Crippen molar-refractivity contribution in [3.05, 3.63) is 384 Å². The molecule has 0 aromatic heterocycles. The Morgan fingerprint density at radius 1 is 0.279 bits per heavy atom. The smallest absolute Gasteiger partial charge is 0.424 e. The molecule has 4 heterocycles. The first-order valence-electron chi connectivity index (χ1n) is 38.7. The molecule has 0 N–H and O–H groups in total. The number of esters is 2. The molecule has 122 heavy (non-hydrogen) atoms. The third-order valence-corrected chi connectivity index (χ3v) is 26.8. The van der Waals surface area contributed by atoms with Gasteiger partial charge in [0.15, 0.2) is 11.5 Å². The fraction of sp³-hybridized carbons (Fsp3) is 0.0408. The van der Waals surface area contributed by atoms with E-state index >= 15 is 0 Å². The maximum absolute atomic E-state index is 14.7. The van der Waals surface area contributed by atoms with Crippen LogP contribution in [0.2, 0.25) is 0 Å². The Kier molecular flexibility index (Phi) is 20.9. The van der Waals surface area contributed by atoms with Crippen molar-refractivity contribution in [1.82, 2.24) is 0 Å². The van der Waals surface area contributed by atoms with Gasteiger partial charge in [-0.2, -0.15) is 0 Å². The summed E-state index contributed by atoms with van der Waals surface area (Å²) in [6, 6.07) is 104. The van der Waals surface area contributed by atoms with Gasteiger partial charge >= 0.3 is 46.0 Å². The first-order valence-corrected chi connectivity index (χ1v) is 43.2. The molecule has 4 atom stereocenters. The monoisotopic (exact) mass is 1680 g/mol. The number of rotatable bonds is 16. The first-order chi connectivity index (χ1) is 59.8. The fourth-order valence-electron chi connectivity index (χ4n) is 15.3. The number of para-hydroxylation sites is 8. The molecule has 4 aliphatic heterocycles. The Balaban J connectivity index is 0.000000163. The number of fused-ring (bicyclic) bond motifs is 8. The summed E-state index contributed by atoms with van der Waals surface area (Å²) in [7, 11) is -6.44. The van der Waals surface area contributed by atoms with E-state index in [-0.39, 0.29) is 46.3 Å². The molecule has 4 unspecified atom stereocenters. The standard InChI is InChI=1S/C52H38N2O10P2.C46H30N2O6P2/c1-31-17-5-13-25-41(31)53-49(55)37-23-11-15-27-43(37)61-65(53)63-47-39(51(57)59-3)29-33-19-7-9-21-35(33)45(47)46-36-22-10-8-20-34(36)30-40(52(58)60-4)48(46)64-66-54(42-26-14-6-18-32(42)2)50(56)38-24-12-16-28-44(38)62-66;49-45-37-23-11-13-25-39(37)51-55(47(45)33-17-3-1-4-18-33)53-41-29-27-31-15-7-9-21-35(31)43(41)44-36-22-10-8-16-32(36)28-30-42(44)54-56-48(34-19-5-2-6-20-34)46(50)38-24-12-14-26-40(38)52-56/h5-30H,1-4H3;1-30H. The largest absolute Gasteiger partial charge is 0.465 e. The number of ether oxygens (including phenoxy) is 2. The van der Waals surface area contributed by atoms with Gasteiger partial charge in [-0.3, -0.25) is 19.2 Å². The van der Waals surface area contributed by atoms with Gasteiger partial charge in [-0.1, -0.05) is 231 Å². The molecule has 20 nitrogen and oxygen atoms in total. The second-order valence-corrected chi connectivity index (χ2v) is 33.3. The lowest BCUT2D eigenvalue weighted by atomic mass is 9.89. The van der Waals surface area contributed by atoms with Gasteiger partial charge in [-0.05, 0) is 177 Å². The zero-order chi connectivity index (χ0) is 83.2. The first kappa shape index (κ1) is 77.4. The molecule has 0 fully saturated rings. The molecule has 0 saturated carbocycles. The zero-order valence-electron chi connectivity index (χ0n) is 65.4. The summed E-state index contributed by atoms with van der Waals surface area (Å²) in [6.07, 6.45) is 0. The molecule has 0 saturated heterocycles. The Bertz CT molecular complexity index is 6510. The van der Waals surface area contributed by atoms with E-state index in [0.717, 1.165) is 43.8 Å². The fourth-order valence-corrected chi connectivity index (χ4v) is 21.2. The average molecular weight is 1680 g/mol. The van der Waals surface area contributed by atoms with E-state index in [1.54, 1.807) is 106 Å². The average Bonchev–Trinajstić information content (AvgIpc) is 0.724. The van der Waals surface area contributed by atoms with Crippen molar-refractivity contribution in [3.63, 3.8) is 0 Å². The number of carbonyl (C=O) groups excluding carboxylic acids is 6. The summed E-state index contributed by atoms with van der Waals surface area (Å²) in [4.78, 5) is 86.3. The highest BCUT2D eigenvalue weighted by Crippen LogP contribution is 2.63. The van der Waals surface area contributed by atoms with Gasteiger partial charge in [0.2, 0.25) is 0 Å². The molecular weight excluding hydrogens is 1610 g/mol. The maximum atomic E-state index is 14.7. The number of aryl methyl sites for hydroxylation is 2. The zero-order valence-corrected chi connectivity index (χ0v) is 69.0. The van der Waals surface area contributed by atoms with Gasteiger partial charge in [-0.25, -0.2) is 28.3 Å². The highest BCUT2D eigenvalue weighted by atomic mass is 31.2. The summed E-state index contributed by atoms with van der Waals surface area (Å²) in [5.41, 5.74) is 7.55. The number of carbonyl (C=O) groups is 6. The van der Waals surface area contributed by atoms with E-state index in [0.29, 0.717) is 112 Å². The third-order valence-electron chi connectivity index (χ3n) is 21.1. The minimum absolute atomic E-state index is 0.00267. The van der Waals surface area contributed by atoms with Crippen molar-refractivity contribution in [1.29, 1.82) is 0 Å². The summed E-state index contributed by atoms with van der Waals surface area (Å²) in [6.45, 7) is 3.76. The number of hydrogen-bond donors (Lipinski definition) is 0. The topological polar surface area (TPSA) is 208 Å². The number of anilines is 4. The number of methoxy groups -OCH3 is 2. The van der Waals surface area contributed by atoms with E-state index in [4.69, 9.17) is 45.7 Å². The molecule has 0 aliphatic carbocycles. The van der Waals surface area contributed by atoms with Gasteiger partial charge in [0.1, 0.15) is 45.6 Å². The van der Waals surface area contributed by atoms with Gasteiger partial charge in [0.05, 0.1) is 59.2 Å². The summed E-state index contributed by atoms with van der Waals surface area (Å²) in [5, 5.41) is 6.12. The van der Waals surface area contributed by atoms with Crippen molar-refractivity contribution < 1.29 is 74.4 Å². The van der Waals surface area contributed by atoms with Crippen LogP contribution >= 0.6 is 34.1 Å². The Morgan fingerprint density at radius 2 is 0.557 bits per heavy atom. The number of amides is 4. The van der Waals surface area contributed by atoms with Crippen LogP contribution in [0.4, 0.5) is 22.7 Å². The molecule has 16 aromatic rings. The van der Waals surface area contributed by atoms with E-state index < -0.39 is 46.0 Å². The van der Waals surface area contributed by atoms with Crippen LogP contribution in [0.5, 0.6) is 46.0 Å². The quantitative estimate of drug-likeness (QED) is 0.0651. The van der Waals surface area contributed by atoms with Crippen LogP contribution in [0, 0.1) is 13.8 Å². The SMILES string of the molecule is COC(=O)c1cc2ccccc2c(-c2c(OP3Oc4ccccc4C(=O)N3c3ccccc3C)c(C(=O)OC)cc3ccccc23)c1OP1Oc2ccccc2C(=O)N1c1ccccc1C.O=C1c2ccccc2OP(Oc2ccc3ccccc3c2-c2c(OP3Oc4ccccc4C(=O)N3c3ccccc3)ccc3ccccc23)N1c1ccccc1. The lowest BCUT2D eigenvalue weighted by molar-refractivity contribution is 0.0589. The second-order valence-electron chi connectivity index (χ2n) is 28.4. The number of nitrogens with zero attached hydrogens (tertiary/aromatic N) is 4. The molecule has 24 heteroatoms. The van der Waals surface area contributed by atoms with E-state index in [9.17, 15) is 28.8 Å². The van der Waals surface area contributed by atoms with Crippen LogP contribution < -0.4 is 54.9 Å². The Hall–Kier alpha value is -14.5. The summed E-state index contributed by atoms with van der Waals surface area (Å²) < 4.78 is 71.8. The van der Waals surface area contributed by atoms with Crippen molar-refractivity contribution in [2.24, 2.45) is 0 Å². The van der Waals surface area contributed by atoms with E-state index in [1.165, 1.54) is 23.6 Å². The van der Waals surface area contributed by atoms with Gasteiger partial charge < -0.3 is 45.7 Å². The highest BCUT2D eigenvalue weighted by molar-refractivity contribution is 7.52. The van der Waals surface area contributed by atoms with Crippen LogP contribution in [0.3, 0.4) is 0 Å². The highest BCUT2D eigenvalue weighted by Gasteiger charge is 2.47. The van der Waals surface area contributed by atoms with Crippen LogP contribution in [0.25, 0.3) is 65.3 Å². The van der Waals surface area contributed by atoms with Crippen molar-refractivity contribution in [3.8, 4) is 68.2 Å². The predicted molar refractivity (Wildman–Crippen MR) is 477 cm³/mol. The van der Waals surface area contributed by atoms with Crippen LogP contribution in [0.1, 0.15) is 73.3 Å². The Morgan fingerprint density at radius 3 is 0.902 bits per heavy atom. The normalized spacial score (nSPS) is 15.7. The minimum atomic E-state index is -2.44. The van der Waals surface area contributed by atoms with Crippen LogP contribution in [-0.2, 0) is 9.47 Å². The van der Waals surface area contributed by atoms with Crippen LogP contribution in [-0.4, -0.2) is 49.8 Å². The lowest BCUT2D eigenvalue weighted by Gasteiger charge is -2.36. The van der Waals surface area contributed by atoms with E-state index in [1.807, 2.05) is 257 Å². The molecular formula is C98H68N4O16P4. The molecule has 0 spiro atoms. The third kappa shape index (κ3) is 14.1. The predicted octanol–water partition coefficient (Wildman–Crippen LogP) is 24.9. The second kappa shape index (κ2) is 33.0. The summed E-state index contributed by atoms with van der Waals surface area (Å²) in [5.74, 6) is -0.261. The number of hydrogen-bond acceptors (Lipinski definition) is 16. The molecule has 16 aromatic carbocycles. The van der Waals surface area contributed by atoms with E-state index in [2.05, 4.69) is 0 Å². The maximum Gasteiger partial charge on any atom is 0.424 e. The van der Waals surface area contributed by atoms with Gasteiger partial charge in [-0.15, -0.1) is 0 Å². The van der Waals surface area contributed by atoms with Crippen LogP contribution in [0.15, 0.2) is 340 Å². The lowest BCUT2D eigenvalue weighted by Crippen LogP contribution is -2.34. The van der Waals surface area contributed by atoms with Gasteiger partial charge in [0.25, 0.3) is 23.6 Å². The van der Waals surface area contributed by atoms with Crippen molar-refractivity contribution in [2.45, 2.75) is 13.8 Å². The Labute approximate surface area is 704 Å². The molecule has 4 aliphatic rings. The van der Waals surface area contributed by atoms with Crippen molar-refractivity contribution in [2.75, 3.05) is 32.9 Å². The molecule has 20 rings (SSSR count). The molecule has 4 amide bonds. The van der Waals surface area contributed by atoms with Crippen molar-refractivity contribution >= 4 is 136 Å². The minimum Gasteiger partial charge on any atom is -0.465 e. The molecule has 596 valence electrons. The summed E-state index contributed by atoms with van der Waals surface area (Å²) >= 11 is 0. The number of benzene rings is 16. The molecule has 0 radical (unpaired) electrons. The van der Waals surface area contributed by atoms with Gasteiger partial charge in [0, 0.05) is 22.3 Å². The molecule has 0 bridgehead atoms.